The summed E-state index contributed by atoms with van der Waals surface area (Å²) in [5, 5.41) is 2.76. The molecule has 0 unspecified atom stereocenters. The molecule has 0 aromatic heterocycles. The summed E-state index contributed by atoms with van der Waals surface area (Å²) >= 11 is 0. The molecule has 1 aromatic carbocycles. The largest absolute Gasteiger partial charge is 0.497 e. The van der Waals surface area contributed by atoms with Gasteiger partial charge in [0.2, 0.25) is 5.91 Å². The van der Waals surface area contributed by atoms with Crippen molar-refractivity contribution in [2.24, 2.45) is 0 Å². The number of hydrogen-bond donors (Lipinski definition) is 1. The zero-order chi connectivity index (χ0) is 12.3. The summed E-state index contributed by atoms with van der Waals surface area (Å²) in [7, 11) is 3.20. The topological polar surface area (TPSA) is 56.8 Å². The number of nitrogens with one attached hydrogen (secondary N) is 1. The molecule has 5 nitrogen and oxygen atoms in total. The molecule has 0 spiro atoms. The van der Waals surface area contributed by atoms with Gasteiger partial charge in [0.1, 0.15) is 24.2 Å². The molecule has 1 saturated heterocycles. The van der Waals surface area contributed by atoms with Crippen molar-refractivity contribution in [1.29, 1.82) is 0 Å². The maximum Gasteiger partial charge on any atom is 0.246 e. The van der Waals surface area contributed by atoms with Gasteiger partial charge in [-0.1, -0.05) is 0 Å². The molecule has 0 bridgehead atoms. The number of ether oxygens (including phenoxy) is 3. The molecule has 5 heteroatoms. The summed E-state index contributed by atoms with van der Waals surface area (Å²) in [5.41, 5.74) is 0.910. The van der Waals surface area contributed by atoms with Gasteiger partial charge in [0, 0.05) is 18.2 Å². The molecule has 1 heterocycles. The third-order valence-corrected chi connectivity index (χ3v) is 2.69. The number of hydrogen-bond acceptors (Lipinski definition) is 4. The van der Waals surface area contributed by atoms with Crippen LogP contribution >= 0.6 is 0 Å². The van der Waals surface area contributed by atoms with Crippen molar-refractivity contribution in [3.8, 4) is 11.5 Å². The van der Waals surface area contributed by atoms with Crippen molar-refractivity contribution >= 4 is 5.91 Å². The van der Waals surface area contributed by atoms with Crippen LogP contribution < -0.4 is 14.8 Å². The molecule has 1 aliphatic rings. The predicted molar refractivity (Wildman–Crippen MR) is 61.2 cm³/mol. The third-order valence-electron chi connectivity index (χ3n) is 2.69. The molecule has 17 heavy (non-hydrogen) atoms. The standard InChI is InChI=1S/C12H15NO4/c1-15-8-3-4-9(10(5-8)16-2)11-6-13-12(14)7-17-11/h3-5,11H,6-7H2,1-2H3,(H,13,14)/t11-/m0/s1. The first kappa shape index (κ1) is 11.7. The van der Waals surface area contributed by atoms with Gasteiger partial charge in [0.25, 0.3) is 0 Å². The van der Waals surface area contributed by atoms with Gasteiger partial charge in [-0.15, -0.1) is 0 Å². The number of amides is 1. The average molecular weight is 237 g/mol. The predicted octanol–water partition coefficient (Wildman–Crippen LogP) is 0.891. The number of carbonyl (C=O) groups excluding carboxylic acids is 1. The summed E-state index contributed by atoms with van der Waals surface area (Å²) in [6, 6.07) is 5.53. The van der Waals surface area contributed by atoms with Crippen LogP contribution in [0.5, 0.6) is 11.5 Å². The molecule has 1 fully saturated rings. The maximum absolute atomic E-state index is 11.0. The van der Waals surface area contributed by atoms with Gasteiger partial charge in [-0.25, -0.2) is 0 Å². The Balaban J connectivity index is 2.22. The zero-order valence-corrected chi connectivity index (χ0v) is 9.86. The first-order chi connectivity index (χ1) is 8.24. The number of methoxy groups -OCH3 is 2. The maximum atomic E-state index is 11.0. The average Bonchev–Trinajstić information content (AvgIpc) is 2.39. The molecule has 0 aliphatic carbocycles. The van der Waals surface area contributed by atoms with E-state index in [1.54, 1.807) is 20.3 Å². The lowest BCUT2D eigenvalue weighted by molar-refractivity contribution is -0.133. The van der Waals surface area contributed by atoms with Crippen LogP contribution in [0.1, 0.15) is 11.7 Å². The van der Waals surface area contributed by atoms with E-state index >= 15 is 0 Å². The van der Waals surface area contributed by atoms with Crippen LogP contribution in [0, 0.1) is 0 Å². The monoisotopic (exact) mass is 237 g/mol. The van der Waals surface area contributed by atoms with Crippen molar-refractivity contribution < 1.29 is 19.0 Å². The minimum atomic E-state index is -0.173. The van der Waals surface area contributed by atoms with Crippen molar-refractivity contribution in [2.45, 2.75) is 6.10 Å². The molecule has 1 amide bonds. The van der Waals surface area contributed by atoms with E-state index < -0.39 is 0 Å². The van der Waals surface area contributed by atoms with Crippen LogP contribution in [0.25, 0.3) is 0 Å². The van der Waals surface area contributed by atoms with E-state index in [2.05, 4.69) is 5.32 Å². The Bertz CT molecular complexity index is 409. The smallest absolute Gasteiger partial charge is 0.246 e. The van der Waals surface area contributed by atoms with Crippen molar-refractivity contribution in [3.63, 3.8) is 0 Å². The number of rotatable bonds is 3. The Hall–Kier alpha value is -1.75. The second-order valence-electron chi connectivity index (χ2n) is 3.71. The van der Waals surface area contributed by atoms with Gasteiger partial charge in [0.05, 0.1) is 14.2 Å². The Morgan fingerprint density at radius 1 is 1.35 bits per heavy atom. The van der Waals surface area contributed by atoms with E-state index in [0.29, 0.717) is 12.3 Å². The minimum absolute atomic E-state index is 0.0832. The van der Waals surface area contributed by atoms with E-state index in [1.165, 1.54) is 0 Å². The number of benzene rings is 1. The first-order valence-electron chi connectivity index (χ1n) is 5.35. The molecule has 2 rings (SSSR count). The highest BCUT2D eigenvalue weighted by molar-refractivity contribution is 5.77. The molecule has 1 atom stereocenters. The number of morpholine rings is 1. The molecule has 0 radical (unpaired) electrons. The van der Waals surface area contributed by atoms with Crippen LogP contribution in [0.2, 0.25) is 0 Å². The first-order valence-corrected chi connectivity index (χ1v) is 5.35. The van der Waals surface area contributed by atoms with Crippen LogP contribution in [0.15, 0.2) is 18.2 Å². The van der Waals surface area contributed by atoms with Crippen LogP contribution in [-0.4, -0.2) is 33.3 Å². The van der Waals surface area contributed by atoms with Gasteiger partial charge in [-0.3, -0.25) is 4.79 Å². The summed E-state index contributed by atoms with van der Waals surface area (Å²) in [6.45, 7) is 0.543. The van der Waals surface area contributed by atoms with E-state index in [-0.39, 0.29) is 18.6 Å². The molecule has 1 aromatic rings. The van der Waals surface area contributed by atoms with Gasteiger partial charge in [-0.2, -0.15) is 0 Å². The van der Waals surface area contributed by atoms with Crippen LogP contribution in [-0.2, 0) is 9.53 Å². The Morgan fingerprint density at radius 2 is 2.18 bits per heavy atom. The second-order valence-corrected chi connectivity index (χ2v) is 3.71. The van der Waals surface area contributed by atoms with Crippen LogP contribution in [0.4, 0.5) is 0 Å². The van der Waals surface area contributed by atoms with E-state index in [9.17, 15) is 4.79 Å². The third kappa shape index (κ3) is 2.50. The Kier molecular flexibility index (Phi) is 3.49. The quantitative estimate of drug-likeness (QED) is 0.848. The van der Waals surface area contributed by atoms with Gasteiger partial charge in [-0.05, 0) is 12.1 Å². The van der Waals surface area contributed by atoms with Crippen LogP contribution in [0.3, 0.4) is 0 Å². The summed E-state index contributed by atoms with van der Waals surface area (Å²) in [4.78, 5) is 11.0. The SMILES string of the molecule is COc1ccc([C@@H]2CNC(=O)CO2)c(OC)c1. The molecule has 92 valence electrons. The van der Waals surface area contributed by atoms with Gasteiger partial charge < -0.3 is 19.5 Å². The Labute approximate surface area is 99.7 Å². The lowest BCUT2D eigenvalue weighted by Gasteiger charge is -2.25. The lowest BCUT2D eigenvalue weighted by atomic mass is 10.1. The molecule has 1 aliphatic heterocycles. The van der Waals surface area contributed by atoms with E-state index in [0.717, 1.165) is 11.3 Å². The number of carbonyl (C=O) groups is 1. The fourth-order valence-corrected chi connectivity index (χ4v) is 1.78. The highest BCUT2D eigenvalue weighted by Gasteiger charge is 2.23. The van der Waals surface area contributed by atoms with Gasteiger partial charge in [0.15, 0.2) is 0 Å². The van der Waals surface area contributed by atoms with Crippen molar-refractivity contribution in [3.05, 3.63) is 23.8 Å². The Morgan fingerprint density at radius 3 is 2.76 bits per heavy atom. The van der Waals surface area contributed by atoms with Crippen molar-refractivity contribution in [1.82, 2.24) is 5.32 Å². The lowest BCUT2D eigenvalue weighted by Crippen LogP contribution is -2.38. The highest BCUT2D eigenvalue weighted by atomic mass is 16.5. The fourth-order valence-electron chi connectivity index (χ4n) is 1.78. The zero-order valence-electron chi connectivity index (χ0n) is 9.86. The normalized spacial score (nSPS) is 19.6. The molecule has 0 saturated carbocycles. The molecular weight excluding hydrogens is 222 g/mol. The van der Waals surface area contributed by atoms with Gasteiger partial charge >= 0.3 is 0 Å². The summed E-state index contributed by atoms with van der Waals surface area (Å²) in [6.07, 6.45) is -0.173. The van der Waals surface area contributed by atoms with E-state index in [4.69, 9.17) is 14.2 Å². The van der Waals surface area contributed by atoms with E-state index in [1.807, 2.05) is 12.1 Å². The molecular formula is C12H15NO4. The minimum Gasteiger partial charge on any atom is -0.497 e. The fraction of sp³-hybridized carbons (Fsp3) is 0.417. The molecule has 1 N–H and O–H groups in total. The summed E-state index contributed by atoms with van der Waals surface area (Å²) < 4.78 is 15.9. The second kappa shape index (κ2) is 5.05. The summed E-state index contributed by atoms with van der Waals surface area (Å²) in [5.74, 6) is 1.34. The van der Waals surface area contributed by atoms with Crippen molar-refractivity contribution in [2.75, 3.05) is 27.4 Å². The highest BCUT2D eigenvalue weighted by Crippen LogP contribution is 2.31.